The molecule has 5 nitrogen and oxygen atoms in total. The Hall–Kier alpha value is -3.05. The molecule has 0 unspecified atom stereocenters. The number of aromatic amines is 1. The van der Waals surface area contributed by atoms with Gasteiger partial charge in [0.1, 0.15) is 5.82 Å². The third-order valence-electron chi connectivity index (χ3n) is 5.59. The largest absolute Gasteiger partial charge is 0.416 e. The normalized spacial score (nSPS) is 15.5. The molecule has 0 saturated carbocycles. The molecule has 30 heavy (non-hydrogen) atoms. The zero-order valence-corrected chi connectivity index (χ0v) is 16.4. The molecule has 2 aromatic heterocycles. The summed E-state index contributed by atoms with van der Waals surface area (Å²) in [6.07, 6.45) is 0.762. The fourth-order valence-electron chi connectivity index (χ4n) is 3.92. The molecule has 1 N–H and O–H groups in total. The summed E-state index contributed by atoms with van der Waals surface area (Å²) >= 11 is 0. The van der Waals surface area contributed by atoms with Gasteiger partial charge in [-0.1, -0.05) is 0 Å². The van der Waals surface area contributed by atoms with Crippen molar-refractivity contribution in [1.29, 1.82) is 5.26 Å². The van der Waals surface area contributed by atoms with E-state index in [4.69, 9.17) is 5.26 Å². The molecule has 0 aliphatic carbocycles. The number of aryl methyl sites for hydroxylation is 1. The van der Waals surface area contributed by atoms with Crippen LogP contribution < -0.4 is 4.90 Å². The van der Waals surface area contributed by atoms with Crippen LogP contribution in [-0.2, 0) is 12.6 Å². The van der Waals surface area contributed by atoms with Gasteiger partial charge >= 0.3 is 6.18 Å². The second-order valence-corrected chi connectivity index (χ2v) is 7.52. The van der Waals surface area contributed by atoms with E-state index < -0.39 is 11.7 Å². The average molecular weight is 413 g/mol. The van der Waals surface area contributed by atoms with Crippen molar-refractivity contribution in [3.63, 3.8) is 0 Å². The van der Waals surface area contributed by atoms with Crippen molar-refractivity contribution in [3.8, 4) is 6.07 Å². The van der Waals surface area contributed by atoms with Crippen molar-refractivity contribution < 1.29 is 13.2 Å². The number of fused-ring (bicyclic) bond motifs is 1. The molecule has 1 saturated heterocycles. The van der Waals surface area contributed by atoms with Crippen molar-refractivity contribution in [3.05, 3.63) is 59.4 Å². The van der Waals surface area contributed by atoms with E-state index in [2.05, 4.69) is 20.9 Å². The first-order chi connectivity index (χ1) is 14.4. The van der Waals surface area contributed by atoms with E-state index >= 15 is 0 Å². The molecule has 0 bridgehead atoms. The van der Waals surface area contributed by atoms with Gasteiger partial charge in [-0.3, -0.25) is 4.90 Å². The van der Waals surface area contributed by atoms with Gasteiger partial charge in [0.2, 0.25) is 0 Å². The predicted molar refractivity (Wildman–Crippen MR) is 109 cm³/mol. The fourth-order valence-corrected chi connectivity index (χ4v) is 3.92. The highest BCUT2D eigenvalue weighted by atomic mass is 19.4. The Kier molecular flexibility index (Phi) is 5.64. The van der Waals surface area contributed by atoms with Gasteiger partial charge in [-0.15, -0.1) is 0 Å². The molecule has 0 atom stereocenters. The van der Waals surface area contributed by atoms with Gasteiger partial charge in [0.05, 0.1) is 17.2 Å². The van der Waals surface area contributed by atoms with Crippen LogP contribution in [0.5, 0.6) is 0 Å². The van der Waals surface area contributed by atoms with Crippen LogP contribution in [0.15, 0.2) is 42.7 Å². The summed E-state index contributed by atoms with van der Waals surface area (Å²) in [4.78, 5) is 11.6. The number of hydrogen-bond donors (Lipinski definition) is 1. The Morgan fingerprint density at radius 2 is 1.90 bits per heavy atom. The number of rotatable bonds is 5. The average Bonchev–Trinajstić information content (AvgIpc) is 3.16. The summed E-state index contributed by atoms with van der Waals surface area (Å²) in [5, 5.41) is 10.2. The lowest BCUT2D eigenvalue weighted by Crippen LogP contribution is -2.47. The number of nitrogens with zero attached hydrogens (tertiary/aromatic N) is 4. The molecule has 3 aromatic rings. The number of H-pyrrole nitrogens is 1. The number of aromatic nitrogens is 2. The van der Waals surface area contributed by atoms with Gasteiger partial charge in [0, 0.05) is 49.5 Å². The molecule has 8 heteroatoms. The highest BCUT2D eigenvalue weighted by Crippen LogP contribution is 2.31. The monoisotopic (exact) mass is 413 g/mol. The van der Waals surface area contributed by atoms with Crippen LogP contribution in [0.1, 0.15) is 23.1 Å². The lowest BCUT2D eigenvalue weighted by Gasteiger charge is -2.35. The van der Waals surface area contributed by atoms with E-state index in [0.717, 1.165) is 55.5 Å². The van der Waals surface area contributed by atoms with Crippen LogP contribution in [0.4, 0.5) is 19.0 Å². The number of hydrogen-bond acceptors (Lipinski definition) is 4. The molecule has 1 aliphatic rings. The maximum atomic E-state index is 12.9. The Balaban J connectivity index is 1.29. The third-order valence-corrected chi connectivity index (χ3v) is 5.59. The summed E-state index contributed by atoms with van der Waals surface area (Å²) in [5.74, 6) is 0.386. The third kappa shape index (κ3) is 4.41. The number of nitriles is 1. The summed E-state index contributed by atoms with van der Waals surface area (Å²) in [6, 6.07) is 9.96. The predicted octanol–water partition coefficient (Wildman–Crippen LogP) is 4.21. The quantitative estimate of drug-likeness (QED) is 0.681. The summed E-state index contributed by atoms with van der Waals surface area (Å²) in [7, 11) is 0. The minimum Gasteiger partial charge on any atom is -0.361 e. The molecular weight excluding hydrogens is 391 g/mol. The second-order valence-electron chi connectivity index (χ2n) is 7.52. The maximum Gasteiger partial charge on any atom is 0.416 e. The minimum absolute atomic E-state index is 0.386. The van der Waals surface area contributed by atoms with Crippen molar-refractivity contribution in [2.45, 2.75) is 19.0 Å². The van der Waals surface area contributed by atoms with Gasteiger partial charge in [-0.2, -0.15) is 18.4 Å². The number of halogens is 3. The number of alkyl halides is 3. The number of pyridine rings is 1. The Morgan fingerprint density at radius 3 is 2.63 bits per heavy atom. The van der Waals surface area contributed by atoms with E-state index in [0.29, 0.717) is 24.5 Å². The summed E-state index contributed by atoms with van der Waals surface area (Å²) in [6.45, 7) is 3.84. The molecular formula is C22H22F3N5. The topological polar surface area (TPSA) is 59.0 Å². The first-order valence-electron chi connectivity index (χ1n) is 9.95. The van der Waals surface area contributed by atoms with E-state index in [1.54, 1.807) is 6.07 Å². The first-order valence-corrected chi connectivity index (χ1v) is 9.95. The number of anilines is 1. The SMILES string of the molecule is N#Cc1ccc2[nH]cc(CCCN3CCN(c4cc(C(F)(F)F)ccn4)CC3)c2c1. The number of benzene rings is 1. The number of nitrogens with one attached hydrogen (secondary N) is 1. The highest BCUT2D eigenvalue weighted by Gasteiger charge is 2.31. The van der Waals surface area contributed by atoms with E-state index in [-0.39, 0.29) is 0 Å². The van der Waals surface area contributed by atoms with Gasteiger partial charge in [-0.25, -0.2) is 4.98 Å². The van der Waals surface area contributed by atoms with Crippen LogP contribution in [-0.4, -0.2) is 47.6 Å². The zero-order valence-electron chi connectivity index (χ0n) is 16.4. The molecule has 156 valence electrons. The molecule has 4 rings (SSSR count). The minimum atomic E-state index is -4.35. The molecule has 0 radical (unpaired) electrons. The van der Waals surface area contributed by atoms with Crippen molar-refractivity contribution in [2.75, 3.05) is 37.6 Å². The van der Waals surface area contributed by atoms with Crippen LogP contribution >= 0.6 is 0 Å². The molecule has 1 fully saturated rings. The fraction of sp³-hybridized carbons (Fsp3) is 0.364. The van der Waals surface area contributed by atoms with Crippen LogP contribution in [0, 0.1) is 11.3 Å². The second kappa shape index (κ2) is 8.36. The van der Waals surface area contributed by atoms with E-state index in [9.17, 15) is 13.2 Å². The van der Waals surface area contributed by atoms with Gasteiger partial charge in [0.25, 0.3) is 0 Å². The first kappa shape index (κ1) is 20.2. The van der Waals surface area contributed by atoms with E-state index in [1.165, 1.54) is 11.8 Å². The highest BCUT2D eigenvalue weighted by molar-refractivity contribution is 5.84. The Morgan fingerprint density at radius 1 is 1.10 bits per heavy atom. The van der Waals surface area contributed by atoms with Crippen molar-refractivity contribution >= 4 is 16.7 Å². The molecule has 1 aliphatic heterocycles. The van der Waals surface area contributed by atoms with Crippen LogP contribution in [0.25, 0.3) is 10.9 Å². The maximum absolute atomic E-state index is 12.9. The van der Waals surface area contributed by atoms with Crippen molar-refractivity contribution in [2.24, 2.45) is 0 Å². The molecule has 3 heterocycles. The molecule has 0 spiro atoms. The summed E-state index contributed by atoms with van der Waals surface area (Å²) in [5.41, 5.74) is 2.23. The van der Waals surface area contributed by atoms with E-state index in [1.807, 2.05) is 23.2 Å². The van der Waals surface area contributed by atoms with Crippen LogP contribution in [0.3, 0.4) is 0 Å². The Bertz CT molecular complexity index is 1060. The Labute approximate surface area is 172 Å². The standard InChI is InChI=1S/C22H22F3N5/c23-22(24,25)18-5-6-27-21(13-18)30-10-8-29(9-11-30)7-1-2-17-15-28-20-4-3-16(14-26)12-19(17)20/h3-6,12-13,15,28H,1-2,7-11H2. The lowest BCUT2D eigenvalue weighted by molar-refractivity contribution is -0.137. The van der Waals surface area contributed by atoms with Gasteiger partial charge in [0.15, 0.2) is 0 Å². The lowest BCUT2D eigenvalue weighted by atomic mass is 10.1. The van der Waals surface area contributed by atoms with Crippen LogP contribution in [0.2, 0.25) is 0 Å². The summed E-state index contributed by atoms with van der Waals surface area (Å²) < 4.78 is 38.8. The molecule has 0 amide bonds. The smallest absolute Gasteiger partial charge is 0.361 e. The van der Waals surface area contributed by atoms with Gasteiger partial charge < -0.3 is 9.88 Å². The van der Waals surface area contributed by atoms with Gasteiger partial charge in [-0.05, 0) is 55.3 Å². The zero-order chi connectivity index (χ0) is 21.1. The van der Waals surface area contributed by atoms with Crippen molar-refractivity contribution in [1.82, 2.24) is 14.9 Å². The molecule has 1 aromatic carbocycles. The number of piperazine rings is 1.